The van der Waals surface area contributed by atoms with Crippen molar-refractivity contribution in [2.45, 2.75) is 27.3 Å². The molecule has 0 aliphatic carbocycles. The molecule has 20 heavy (non-hydrogen) atoms. The number of hydrazone groups is 1. The molecule has 0 spiro atoms. The Labute approximate surface area is 121 Å². The Morgan fingerprint density at radius 3 is 2.75 bits per heavy atom. The predicted molar refractivity (Wildman–Crippen MR) is 74.7 cm³/mol. The molecule has 0 atom stereocenters. The van der Waals surface area contributed by atoms with Gasteiger partial charge in [-0.25, -0.2) is 9.80 Å². The van der Waals surface area contributed by atoms with Gasteiger partial charge in [-0.2, -0.15) is 10.2 Å². The molecule has 3 amide bonds. The van der Waals surface area contributed by atoms with Gasteiger partial charge in [0.1, 0.15) is 11.7 Å². The zero-order chi connectivity index (χ0) is 14.9. The Balaban J connectivity index is 2.19. The minimum absolute atomic E-state index is 0.0773. The molecule has 0 radical (unpaired) electrons. The lowest BCUT2D eigenvalue weighted by molar-refractivity contribution is -0.118. The third-order valence-electron chi connectivity index (χ3n) is 2.75. The van der Waals surface area contributed by atoms with Crippen LogP contribution in [0, 0.1) is 12.8 Å². The third-order valence-corrected chi connectivity index (χ3v) is 3.15. The molecule has 1 saturated heterocycles. The lowest BCUT2D eigenvalue weighted by Crippen LogP contribution is -2.24. The summed E-state index contributed by atoms with van der Waals surface area (Å²) >= 11 is 6.25. The number of aromatic nitrogens is 2. The molecule has 0 unspecified atom stereocenters. The minimum atomic E-state index is -0.533. The van der Waals surface area contributed by atoms with Gasteiger partial charge in [-0.3, -0.25) is 14.8 Å². The van der Waals surface area contributed by atoms with Crippen LogP contribution in [-0.2, 0) is 11.3 Å². The molecule has 1 aromatic heterocycles. The van der Waals surface area contributed by atoms with E-state index in [9.17, 15) is 9.59 Å². The molecule has 0 saturated carbocycles. The van der Waals surface area contributed by atoms with Crippen LogP contribution in [0.25, 0.3) is 0 Å². The second-order valence-electron chi connectivity index (χ2n) is 5.02. The minimum Gasteiger partial charge on any atom is -0.275 e. The number of urea groups is 1. The van der Waals surface area contributed by atoms with E-state index in [4.69, 9.17) is 11.6 Å². The number of halogens is 1. The van der Waals surface area contributed by atoms with Crippen molar-refractivity contribution in [2.75, 3.05) is 6.54 Å². The maximum Gasteiger partial charge on any atom is 0.344 e. The number of amides is 3. The van der Waals surface area contributed by atoms with Gasteiger partial charge in [-0.15, -0.1) is 0 Å². The molecule has 1 aliphatic heterocycles. The van der Waals surface area contributed by atoms with Gasteiger partial charge in [0, 0.05) is 6.54 Å². The number of nitrogens with one attached hydrogen (secondary N) is 1. The average Bonchev–Trinajstić information content (AvgIpc) is 2.78. The van der Waals surface area contributed by atoms with E-state index in [1.807, 2.05) is 6.92 Å². The van der Waals surface area contributed by atoms with E-state index in [-0.39, 0.29) is 12.5 Å². The largest absolute Gasteiger partial charge is 0.344 e. The number of imide groups is 1. The zero-order valence-electron chi connectivity index (χ0n) is 11.6. The number of aryl methyl sites for hydroxylation is 1. The Kier molecular flexibility index (Phi) is 4.08. The first-order valence-electron chi connectivity index (χ1n) is 6.26. The Morgan fingerprint density at radius 1 is 1.50 bits per heavy atom. The third kappa shape index (κ3) is 2.98. The summed E-state index contributed by atoms with van der Waals surface area (Å²) in [6, 6.07) is -0.533. The molecule has 2 rings (SSSR count). The monoisotopic (exact) mass is 297 g/mol. The molecule has 0 bridgehead atoms. The fourth-order valence-corrected chi connectivity index (χ4v) is 2.12. The summed E-state index contributed by atoms with van der Waals surface area (Å²) < 4.78 is 1.71. The zero-order valence-corrected chi connectivity index (χ0v) is 12.3. The van der Waals surface area contributed by atoms with Crippen LogP contribution in [0.5, 0.6) is 0 Å². The van der Waals surface area contributed by atoms with Gasteiger partial charge in [0.05, 0.1) is 17.5 Å². The summed E-state index contributed by atoms with van der Waals surface area (Å²) in [4.78, 5) is 22.4. The van der Waals surface area contributed by atoms with Crippen molar-refractivity contribution in [2.24, 2.45) is 11.0 Å². The lowest BCUT2D eigenvalue weighted by Gasteiger charge is -2.06. The molecule has 2 heterocycles. The predicted octanol–water partition coefficient (Wildman–Crippen LogP) is 1.39. The molecule has 108 valence electrons. The second kappa shape index (κ2) is 5.62. The Bertz CT molecular complexity index is 579. The highest BCUT2D eigenvalue weighted by Crippen LogP contribution is 2.19. The normalized spacial score (nSPS) is 15.8. The van der Waals surface area contributed by atoms with Crippen LogP contribution >= 0.6 is 11.6 Å². The van der Waals surface area contributed by atoms with E-state index < -0.39 is 6.03 Å². The highest BCUT2D eigenvalue weighted by Gasteiger charge is 2.26. The molecular formula is C12H16ClN5O2. The smallest absolute Gasteiger partial charge is 0.275 e. The van der Waals surface area contributed by atoms with Gasteiger partial charge < -0.3 is 0 Å². The summed E-state index contributed by atoms with van der Waals surface area (Å²) in [5.41, 5.74) is 1.38. The molecule has 8 heteroatoms. The molecule has 1 fully saturated rings. The van der Waals surface area contributed by atoms with Crippen molar-refractivity contribution in [1.29, 1.82) is 0 Å². The fraction of sp³-hybridized carbons (Fsp3) is 0.500. The SMILES string of the molecule is Cc1nn(CC(C)C)c(Cl)c1/C=N/N1CC(=O)NC1=O. The molecule has 1 N–H and O–H groups in total. The molecule has 1 aliphatic rings. The summed E-state index contributed by atoms with van der Waals surface area (Å²) in [6.45, 7) is 6.59. The van der Waals surface area contributed by atoms with Gasteiger partial charge in [-0.05, 0) is 12.8 Å². The highest BCUT2D eigenvalue weighted by molar-refractivity contribution is 6.32. The van der Waals surface area contributed by atoms with Gasteiger partial charge in [0.15, 0.2) is 0 Å². The Morgan fingerprint density at radius 2 is 2.20 bits per heavy atom. The second-order valence-corrected chi connectivity index (χ2v) is 5.38. The summed E-state index contributed by atoms with van der Waals surface area (Å²) in [5, 5.41) is 12.0. The van der Waals surface area contributed by atoms with Crippen LogP contribution in [0.4, 0.5) is 4.79 Å². The average molecular weight is 298 g/mol. The summed E-state index contributed by atoms with van der Waals surface area (Å²) in [6.07, 6.45) is 1.46. The first-order valence-corrected chi connectivity index (χ1v) is 6.64. The number of nitrogens with zero attached hydrogens (tertiary/aromatic N) is 4. The van der Waals surface area contributed by atoms with E-state index in [0.29, 0.717) is 23.2 Å². The number of rotatable bonds is 4. The van der Waals surface area contributed by atoms with E-state index in [2.05, 4.69) is 29.4 Å². The quantitative estimate of drug-likeness (QED) is 0.673. The summed E-state index contributed by atoms with van der Waals surface area (Å²) in [7, 11) is 0. The maximum absolute atomic E-state index is 11.4. The van der Waals surface area contributed by atoms with Crippen molar-refractivity contribution in [3.05, 3.63) is 16.4 Å². The van der Waals surface area contributed by atoms with Crippen molar-refractivity contribution < 1.29 is 9.59 Å². The molecule has 7 nitrogen and oxygen atoms in total. The lowest BCUT2D eigenvalue weighted by atomic mass is 10.2. The molecule has 0 aromatic carbocycles. The van der Waals surface area contributed by atoms with Gasteiger partial charge in [0.2, 0.25) is 5.91 Å². The van der Waals surface area contributed by atoms with E-state index in [1.165, 1.54) is 6.21 Å². The van der Waals surface area contributed by atoms with Crippen molar-refractivity contribution in [3.63, 3.8) is 0 Å². The van der Waals surface area contributed by atoms with Crippen LogP contribution in [0.1, 0.15) is 25.1 Å². The number of hydrogen-bond acceptors (Lipinski definition) is 4. The van der Waals surface area contributed by atoms with Crippen molar-refractivity contribution >= 4 is 29.8 Å². The van der Waals surface area contributed by atoms with Crippen LogP contribution in [0.15, 0.2) is 5.10 Å². The Hall–Kier alpha value is -1.89. The van der Waals surface area contributed by atoms with Crippen LogP contribution in [-0.4, -0.2) is 39.5 Å². The van der Waals surface area contributed by atoms with Crippen LogP contribution < -0.4 is 5.32 Å². The maximum atomic E-state index is 11.4. The van der Waals surface area contributed by atoms with Gasteiger partial charge in [-0.1, -0.05) is 25.4 Å². The number of carbonyl (C=O) groups is 2. The van der Waals surface area contributed by atoms with Crippen LogP contribution in [0.3, 0.4) is 0 Å². The first kappa shape index (κ1) is 14.5. The first-order chi connectivity index (χ1) is 9.38. The van der Waals surface area contributed by atoms with E-state index >= 15 is 0 Å². The van der Waals surface area contributed by atoms with Crippen molar-refractivity contribution in [1.82, 2.24) is 20.1 Å². The molecular weight excluding hydrogens is 282 g/mol. The topological polar surface area (TPSA) is 79.6 Å². The fourth-order valence-electron chi connectivity index (χ4n) is 1.83. The highest BCUT2D eigenvalue weighted by atomic mass is 35.5. The molecule has 1 aromatic rings. The number of carbonyl (C=O) groups excluding carboxylic acids is 2. The van der Waals surface area contributed by atoms with E-state index in [0.717, 1.165) is 10.7 Å². The van der Waals surface area contributed by atoms with Gasteiger partial charge in [0.25, 0.3) is 0 Å². The number of hydrogen-bond donors (Lipinski definition) is 1. The summed E-state index contributed by atoms with van der Waals surface area (Å²) in [5.74, 6) is 0.0454. The van der Waals surface area contributed by atoms with Crippen molar-refractivity contribution in [3.8, 4) is 0 Å². The van der Waals surface area contributed by atoms with Gasteiger partial charge >= 0.3 is 6.03 Å². The van der Waals surface area contributed by atoms with Crippen LogP contribution in [0.2, 0.25) is 5.15 Å². The van der Waals surface area contributed by atoms with E-state index in [1.54, 1.807) is 4.68 Å². The standard InChI is InChI=1S/C12H16ClN5O2/c1-7(2)5-17-11(13)9(8(3)16-17)4-14-18-6-10(19)15-12(18)20/h4,7H,5-6H2,1-3H3,(H,15,19,20)/b14-4+.